The molecule has 4 aromatic rings. The Balaban J connectivity index is 1.74. The van der Waals surface area contributed by atoms with E-state index in [2.05, 4.69) is 31.2 Å². The van der Waals surface area contributed by atoms with Crippen molar-refractivity contribution in [3.05, 3.63) is 93.1 Å². The van der Waals surface area contributed by atoms with E-state index in [-0.39, 0.29) is 11.5 Å². The van der Waals surface area contributed by atoms with E-state index in [1.54, 1.807) is 61.7 Å². The van der Waals surface area contributed by atoms with Gasteiger partial charge in [0.05, 0.1) is 16.6 Å². The molecule has 28 heavy (non-hydrogen) atoms. The Bertz CT molecular complexity index is 1270. The highest BCUT2D eigenvalue weighted by Gasteiger charge is 2.13. The van der Waals surface area contributed by atoms with Crippen molar-refractivity contribution in [3.8, 4) is 5.69 Å². The molecule has 2 heterocycles. The number of hydrogen-bond donors (Lipinski definition) is 1. The van der Waals surface area contributed by atoms with Crippen molar-refractivity contribution in [2.24, 2.45) is 0 Å². The van der Waals surface area contributed by atoms with E-state index in [9.17, 15) is 9.59 Å². The number of nitrogens with one attached hydrogen (secondary N) is 1. The molecule has 0 atom stereocenters. The maximum atomic E-state index is 12.9. The molecule has 0 spiro atoms. The summed E-state index contributed by atoms with van der Waals surface area (Å²) in [6.07, 6.45) is 1.61. The van der Waals surface area contributed by atoms with Crippen molar-refractivity contribution in [1.29, 1.82) is 0 Å². The highest BCUT2D eigenvalue weighted by atomic mass is 79.9. The molecule has 1 N–H and O–H groups in total. The minimum Gasteiger partial charge on any atom is -0.322 e. The summed E-state index contributed by atoms with van der Waals surface area (Å²) in [6, 6.07) is 17.7. The number of hydrogen-bond acceptors (Lipinski definition) is 4. The third-order valence-corrected chi connectivity index (χ3v) is 4.98. The molecule has 6 nitrogen and oxygen atoms in total. The number of carbonyl (C=O) groups excluding carboxylic acids is 1. The predicted octanol–water partition coefficient (Wildman–Crippen LogP) is 4.10. The Morgan fingerprint density at radius 3 is 2.71 bits per heavy atom. The molecule has 1 amide bonds. The van der Waals surface area contributed by atoms with Crippen molar-refractivity contribution in [1.82, 2.24) is 14.5 Å². The third kappa shape index (κ3) is 3.32. The van der Waals surface area contributed by atoms with E-state index in [0.717, 1.165) is 0 Å². The predicted molar refractivity (Wildman–Crippen MR) is 112 cm³/mol. The van der Waals surface area contributed by atoms with Crippen LogP contribution in [0.2, 0.25) is 0 Å². The maximum Gasteiger partial charge on any atom is 0.267 e. The summed E-state index contributed by atoms with van der Waals surface area (Å²) in [5.41, 5.74) is 1.94. The van der Waals surface area contributed by atoms with Gasteiger partial charge in [-0.3, -0.25) is 14.2 Å². The Hall–Kier alpha value is -3.32. The summed E-state index contributed by atoms with van der Waals surface area (Å²) in [6.45, 7) is 1.75. The third-order valence-electron chi connectivity index (χ3n) is 4.29. The fourth-order valence-electron chi connectivity index (χ4n) is 2.99. The summed E-state index contributed by atoms with van der Waals surface area (Å²) >= 11 is 3.38. The Labute approximate surface area is 169 Å². The van der Waals surface area contributed by atoms with Crippen LogP contribution in [0.3, 0.4) is 0 Å². The highest BCUT2D eigenvalue weighted by Crippen LogP contribution is 2.20. The Morgan fingerprint density at radius 2 is 1.89 bits per heavy atom. The van der Waals surface area contributed by atoms with Crippen molar-refractivity contribution < 1.29 is 4.79 Å². The quantitative estimate of drug-likeness (QED) is 0.526. The Kier molecular flexibility index (Phi) is 4.75. The number of anilines is 1. The van der Waals surface area contributed by atoms with E-state index in [1.807, 2.05) is 12.1 Å². The molecule has 0 radical (unpaired) electrons. The molecule has 4 rings (SSSR count). The molecular formula is C21H15BrN4O2. The molecule has 138 valence electrons. The monoisotopic (exact) mass is 434 g/mol. The van der Waals surface area contributed by atoms with E-state index in [1.165, 1.54) is 4.57 Å². The number of pyridine rings is 1. The highest BCUT2D eigenvalue weighted by molar-refractivity contribution is 9.10. The van der Waals surface area contributed by atoms with Gasteiger partial charge in [-0.2, -0.15) is 0 Å². The lowest BCUT2D eigenvalue weighted by Gasteiger charge is -2.12. The molecule has 0 unspecified atom stereocenters. The normalized spacial score (nSPS) is 10.8. The molecule has 2 aromatic carbocycles. The number of aryl methyl sites for hydroxylation is 1. The van der Waals surface area contributed by atoms with Crippen LogP contribution in [-0.4, -0.2) is 20.4 Å². The van der Waals surface area contributed by atoms with Gasteiger partial charge in [-0.15, -0.1) is 0 Å². The van der Waals surface area contributed by atoms with Crippen molar-refractivity contribution in [2.45, 2.75) is 6.92 Å². The number of fused-ring (bicyclic) bond motifs is 1. The number of benzene rings is 2. The number of rotatable bonds is 3. The van der Waals surface area contributed by atoms with Gasteiger partial charge in [0.2, 0.25) is 0 Å². The van der Waals surface area contributed by atoms with Gasteiger partial charge in [0.15, 0.2) is 5.65 Å². The minimum atomic E-state index is -0.241. The van der Waals surface area contributed by atoms with Gasteiger partial charge in [0.25, 0.3) is 11.5 Å². The zero-order valence-corrected chi connectivity index (χ0v) is 16.5. The van der Waals surface area contributed by atoms with Gasteiger partial charge in [0, 0.05) is 16.4 Å². The first-order valence-electron chi connectivity index (χ1n) is 8.55. The van der Waals surface area contributed by atoms with Gasteiger partial charge in [-0.05, 0) is 65.3 Å². The summed E-state index contributed by atoms with van der Waals surface area (Å²) in [7, 11) is 0. The van der Waals surface area contributed by atoms with Gasteiger partial charge >= 0.3 is 0 Å². The summed E-state index contributed by atoms with van der Waals surface area (Å²) in [5.74, 6) is 0.278. The molecule has 0 saturated heterocycles. The first kappa shape index (κ1) is 18.1. The molecule has 0 aliphatic carbocycles. The van der Waals surface area contributed by atoms with Gasteiger partial charge in [-0.1, -0.05) is 18.2 Å². The van der Waals surface area contributed by atoms with Crippen LogP contribution in [0.25, 0.3) is 16.7 Å². The van der Waals surface area contributed by atoms with Gasteiger partial charge in [-0.25, -0.2) is 9.97 Å². The second-order valence-electron chi connectivity index (χ2n) is 6.16. The van der Waals surface area contributed by atoms with E-state index < -0.39 is 0 Å². The fourth-order valence-corrected chi connectivity index (χ4v) is 3.46. The average molecular weight is 435 g/mol. The molecular weight excluding hydrogens is 420 g/mol. The van der Waals surface area contributed by atoms with Crippen LogP contribution in [0.1, 0.15) is 16.2 Å². The summed E-state index contributed by atoms with van der Waals surface area (Å²) in [4.78, 5) is 34.1. The van der Waals surface area contributed by atoms with Gasteiger partial charge < -0.3 is 5.32 Å². The second kappa shape index (κ2) is 7.36. The van der Waals surface area contributed by atoms with Crippen LogP contribution < -0.4 is 10.9 Å². The molecule has 0 aliphatic rings. The number of halogens is 1. The van der Waals surface area contributed by atoms with Crippen LogP contribution >= 0.6 is 15.9 Å². The largest absolute Gasteiger partial charge is 0.322 e. The minimum absolute atomic E-state index is 0.204. The lowest BCUT2D eigenvalue weighted by molar-refractivity contribution is 0.102. The molecule has 0 aliphatic heterocycles. The lowest BCUT2D eigenvalue weighted by Crippen LogP contribution is -2.23. The smallest absolute Gasteiger partial charge is 0.267 e. The first-order valence-corrected chi connectivity index (χ1v) is 9.34. The van der Waals surface area contributed by atoms with Crippen LogP contribution in [0.5, 0.6) is 0 Å². The standard InChI is InChI=1S/C21H15BrN4O2/c1-13-24-19-17(9-5-11-23-19)21(28)26(13)15-7-4-6-14(12-15)25-20(27)16-8-2-3-10-18(16)22/h2-12H,1H3,(H,25,27). The fraction of sp³-hybridized carbons (Fsp3) is 0.0476. The maximum absolute atomic E-state index is 12.9. The number of carbonyl (C=O) groups is 1. The topological polar surface area (TPSA) is 76.9 Å². The van der Waals surface area contributed by atoms with Crippen molar-refractivity contribution in [2.75, 3.05) is 5.32 Å². The van der Waals surface area contributed by atoms with E-state index in [4.69, 9.17) is 0 Å². The number of aromatic nitrogens is 3. The summed E-state index contributed by atoms with van der Waals surface area (Å²) in [5, 5.41) is 3.31. The molecule has 7 heteroatoms. The average Bonchev–Trinajstić information content (AvgIpc) is 2.68. The van der Waals surface area contributed by atoms with Crippen molar-refractivity contribution >= 4 is 38.6 Å². The molecule has 0 saturated carbocycles. The zero-order valence-electron chi connectivity index (χ0n) is 14.9. The van der Waals surface area contributed by atoms with E-state index >= 15 is 0 Å². The molecule has 0 fully saturated rings. The van der Waals surface area contributed by atoms with Crippen LogP contribution in [0.15, 0.2) is 76.1 Å². The summed E-state index contributed by atoms with van der Waals surface area (Å²) < 4.78 is 2.22. The van der Waals surface area contributed by atoms with Crippen LogP contribution in [0, 0.1) is 6.92 Å². The zero-order chi connectivity index (χ0) is 19.7. The SMILES string of the molecule is Cc1nc2ncccc2c(=O)n1-c1cccc(NC(=O)c2ccccc2Br)c1. The lowest BCUT2D eigenvalue weighted by atomic mass is 10.2. The van der Waals surface area contributed by atoms with Gasteiger partial charge in [0.1, 0.15) is 5.82 Å². The Morgan fingerprint density at radius 1 is 1.07 bits per heavy atom. The van der Waals surface area contributed by atoms with Crippen LogP contribution in [-0.2, 0) is 0 Å². The molecule has 0 bridgehead atoms. The first-order chi connectivity index (χ1) is 13.5. The molecule has 2 aromatic heterocycles. The number of nitrogens with zero attached hydrogens (tertiary/aromatic N) is 3. The van der Waals surface area contributed by atoms with Crippen molar-refractivity contribution in [3.63, 3.8) is 0 Å². The second-order valence-corrected chi connectivity index (χ2v) is 7.01. The van der Waals surface area contributed by atoms with Crippen LogP contribution in [0.4, 0.5) is 5.69 Å². The van der Waals surface area contributed by atoms with E-state index in [0.29, 0.717) is 38.3 Å². The number of amides is 1.